The molecule has 2 amide bonds. The van der Waals surface area contributed by atoms with Crippen molar-refractivity contribution in [3.63, 3.8) is 0 Å². The van der Waals surface area contributed by atoms with Crippen LogP contribution in [0.5, 0.6) is 0 Å². The number of aliphatic hydroxyl groups excluding tert-OH is 2. The number of hydrogen-bond donors (Lipinski definition) is 3. The lowest BCUT2D eigenvalue weighted by molar-refractivity contribution is -0.135. The number of nitrogens with one attached hydrogen (secondary N) is 1. The zero-order valence-corrected chi connectivity index (χ0v) is 16.3. The van der Waals surface area contributed by atoms with Gasteiger partial charge < -0.3 is 25.2 Å². The van der Waals surface area contributed by atoms with E-state index in [1.807, 2.05) is 12.1 Å². The Bertz CT molecular complexity index is 920. The molecule has 30 heavy (non-hydrogen) atoms. The number of allylic oxidation sites excluding steroid dienone is 4. The van der Waals surface area contributed by atoms with Gasteiger partial charge in [0.05, 0.1) is 19.2 Å². The maximum absolute atomic E-state index is 13.2. The molecule has 1 unspecified atom stereocenters. The number of carbonyl (C=O) groups excluding carboxylic acids is 3. The largest absolute Gasteiger partial charge is 0.511 e. The number of aldehydes is 1. The van der Waals surface area contributed by atoms with Crippen molar-refractivity contribution in [3.05, 3.63) is 70.8 Å². The second kappa shape index (κ2) is 9.49. The summed E-state index contributed by atoms with van der Waals surface area (Å²) in [6.07, 6.45) is 5.84. The van der Waals surface area contributed by atoms with E-state index in [0.717, 1.165) is 5.56 Å². The predicted molar refractivity (Wildman–Crippen MR) is 107 cm³/mol. The summed E-state index contributed by atoms with van der Waals surface area (Å²) >= 11 is 0. The molecule has 3 N–H and O–H groups in total. The minimum Gasteiger partial charge on any atom is -0.511 e. The van der Waals surface area contributed by atoms with Crippen LogP contribution in [0.1, 0.15) is 35.9 Å². The quantitative estimate of drug-likeness (QED) is 0.467. The predicted octanol–water partition coefficient (Wildman–Crippen LogP) is 1.98. The Morgan fingerprint density at radius 1 is 1.33 bits per heavy atom. The zero-order chi connectivity index (χ0) is 21.7. The third kappa shape index (κ3) is 4.49. The summed E-state index contributed by atoms with van der Waals surface area (Å²) in [5.74, 6) is -2.07. The van der Waals surface area contributed by atoms with Gasteiger partial charge in [-0.1, -0.05) is 30.3 Å². The second-order valence-electron chi connectivity index (χ2n) is 7.10. The average Bonchev–Trinajstić information content (AvgIpc) is 2.75. The summed E-state index contributed by atoms with van der Waals surface area (Å²) in [5, 5.41) is 22.2. The van der Waals surface area contributed by atoms with Crippen LogP contribution in [-0.2, 0) is 14.4 Å². The highest BCUT2D eigenvalue weighted by Crippen LogP contribution is 2.31. The van der Waals surface area contributed by atoms with Crippen LogP contribution in [0.15, 0.2) is 59.7 Å². The van der Waals surface area contributed by atoms with Gasteiger partial charge in [-0.05, 0) is 29.7 Å². The molecule has 0 bridgehead atoms. The van der Waals surface area contributed by atoms with Gasteiger partial charge in [-0.2, -0.15) is 0 Å². The van der Waals surface area contributed by atoms with Gasteiger partial charge in [0.15, 0.2) is 0 Å². The first-order valence-electron chi connectivity index (χ1n) is 9.65. The Kier molecular flexibility index (Phi) is 6.79. The van der Waals surface area contributed by atoms with Crippen LogP contribution in [0.25, 0.3) is 0 Å². The van der Waals surface area contributed by atoms with Crippen LogP contribution in [0.2, 0.25) is 0 Å². The Morgan fingerprint density at radius 2 is 2.07 bits per heavy atom. The van der Waals surface area contributed by atoms with Gasteiger partial charge in [0.2, 0.25) is 0 Å². The van der Waals surface area contributed by atoms with Gasteiger partial charge >= 0.3 is 0 Å². The average molecular weight is 414 g/mol. The van der Waals surface area contributed by atoms with E-state index in [-0.39, 0.29) is 43.6 Å². The van der Waals surface area contributed by atoms with Crippen LogP contribution < -0.4 is 5.32 Å². The number of amides is 2. The van der Waals surface area contributed by atoms with Crippen molar-refractivity contribution in [1.29, 1.82) is 0 Å². The van der Waals surface area contributed by atoms with Crippen LogP contribution in [0, 0.1) is 0 Å². The van der Waals surface area contributed by atoms with Crippen LogP contribution >= 0.6 is 0 Å². The van der Waals surface area contributed by atoms with E-state index < -0.39 is 23.4 Å². The molecule has 8 heteroatoms. The molecule has 1 aliphatic heterocycles. The molecule has 2 aliphatic rings. The normalized spacial score (nSPS) is 20.1. The molecule has 0 aromatic heterocycles. The van der Waals surface area contributed by atoms with E-state index in [0.29, 0.717) is 18.3 Å². The van der Waals surface area contributed by atoms with E-state index in [1.165, 1.54) is 17.1 Å². The number of aliphatic hydroxyl groups is 2. The molecule has 0 saturated carbocycles. The summed E-state index contributed by atoms with van der Waals surface area (Å²) in [5.41, 5.74) is 1.23. The maximum atomic E-state index is 13.2. The van der Waals surface area contributed by atoms with Gasteiger partial charge in [0, 0.05) is 18.9 Å². The summed E-state index contributed by atoms with van der Waals surface area (Å²) in [6.45, 7) is -0.508. The van der Waals surface area contributed by atoms with Gasteiger partial charge in [0.25, 0.3) is 11.8 Å². The van der Waals surface area contributed by atoms with Crippen molar-refractivity contribution in [2.24, 2.45) is 0 Å². The molecular formula is C22H23FN2O5. The fourth-order valence-corrected chi connectivity index (χ4v) is 3.66. The maximum Gasteiger partial charge on any atom is 0.263 e. The Balaban J connectivity index is 1.78. The number of nitrogens with zero attached hydrogens (tertiary/aromatic N) is 1. The number of benzene rings is 1. The van der Waals surface area contributed by atoms with Crippen LogP contribution in [0.3, 0.4) is 0 Å². The second-order valence-corrected chi connectivity index (χ2v) is 7.10. The molecular weight excluding hydrogens is 391 g/mol. The fraction of sp³-hybridized carbons (Fsp3) is 0.318. The Hall–Kier alpha value is -3.26. The zero-order valence-electron chi connectivity index (χ0n) is 16.3. The smallest absolute Gasteiger partial charge is 0.263 e. The van der Waals surface area contributed by atoms with Crippen molar-refractivity contribution >= 4 is 18.1 Å². The summed E-state index contributed by atoms with van der Waals surface area (Å²) in [4.78, 5) is 36.8. The van der Waals surface area contributed by atoms with E-state index in [1.54, 1.807) is 18.2 Å². The lowest BCUT2D eigenvalue weighted by Crippen LogP contribution is -2.45. The van der Waals surface area contributed by atoms with Crippen molar-refractivity contribution in [2.75, 3.05) is 19.7 Å². The summed E-state index contributed by atoms with van der Waals surface area (Å²) < 4.78 is 13.2. The van der Waals surface area contributed by atoms with Crippen LogP contribution in [-0.4, -0.2) is 52.9 Å². The molecule has 0 fully saturated rings. The standard InChI is InChI=1S/C22H23FN2O5/c23-17-7-5-15(6-8-17)14-1-3-16(4-2-14)18(13-27)25-11-9-19(28)20(22(25)30)21(29)24-10-12-26/h1-5,7-8,12,15,18,27-28H,6,9-11,13H2,(H,24,29)/t15?,18-/m0/s1. The molecule has 7 nitrogen and oxygen atoms in total. The number of carbonyl (C=O) groups is 3. The van der Waals surface area contributed by atoms with Crippen molar-refractivity contribution < 1.29 is 29.0 Å². The number of halogens is 1. The van der Waals surface area contributed by atoms with E-state index in [2.05, 4.69) is 5.32 Å². The van der Waals surface area contributed by atoms with Crippen LogP contribution in [0.4, 0.5) is 4.39 Å². The summed E-state index contributed by atoms with van der Waals surface area (Å²) in [6, 6.07) is 6.60. The highest BCUT2D eigenvalue weighted by Gasteiger charge is 2.36. The molecule has 1 heterocycles. The number of rotatable bonds is 7. The molecule has 1 aromatic rings. The highest BCUT2D eigenvalue weighted by atomic mass is 19.1. The molecule has 1 aliphatic carbocycles. The van der Waals surface area contributed by atoms with E-state index >= 15 is 0 Å². The Labute approximate surface area is 173 Å². The molecule has 3 rings (SSSR count). The van der Waals surface area contributed by atoms with Gasteiger partial charge in [-0.15, -0.1) is 0 Å². The molecule has 0 radical (unpaired) electrons. The first kappa shape index (κ1) is 21.4. The Morgan fingerprint density at radius 3 is 2.67 bits per heavy atom. The molecule has 2 atom stereocenters. The van der Waals surface area contributed by atoms with Crippen molar-refractivity contribution in [1.82, 2.24) is 10.2 Å². The lowest BCUT2D eigenvalue weighted by Gasteiger charge is -2.34. The topological polar surface area (TPSA) is 107 Å². The minimum atomic E-state index is -0.828. The third-order valence-electron chi connectivity index (χ3n) is 5.28. The molecule has 158 valence electrons. The van der Waals surface area contributed by atoms with E-state index in [4.69, 9.17) is 0 Å². The number of hydrogen-bond acceptors (Lipinski definition) is 5. The SMILES string of the molecule is O=CCNC(=O)C1=C(O)CCN([C@@H](CO)c2ccc(C3C=CC(F)=CC3)cc2)C1=O. The molecule has 0 spiro atoms. The fourth-order valence-electron chi connectivity index (χ4n) is 3.66. The van der Waals surface area contributed by atoms with Gasteiger partial charge in [0.1, 0.15) is 23.4 Å². The monoisotopic (exact) mass is 414 g/mol. The minimum absolute atomic E-state index is 0.0516. The van der Waals surface area contributed by atoms with E-state index in [9.17, 15) is 29.0 Å². The highest BCUT2D eigenvalue weighted by molar-refractivity contribution is 6.19. The first-order valence-corrected chi connectivity index (χ1v) is 9.65. The van der Waals surface area contributed by atoms with Crippen molar-refractivity contribution in [3.8, 4) is 0 Å². The van der Waals surface area contributed by atoms with Gasteiger partial charge in [-0.3, -0.25) is 9.59 Å². The lowest BCUT2D eigenvalue weighted by atomic mass is 9.90. The molecule has 1 aromatic carbocycles. The summed E-state index contributed by atoms with van der Waals surface area (Å²) in [7, 11) is 0. The third-order valence-corrected chi connectivity index (χ3v) is 5.28. The first-order chi connectivity index (χ1) is 14.5. The van der Waals surface area contributed by atoms with Gasteiger partial charge in [-0.25, -0.2) is 4.39 Å². The van der Waals surface area contributed by atoms with Crippen molar-refractivity contribution in [2.45, 2.75) is 24.8 Å². The molecule has 0 saturated heterocycles.